The number of aromatic carboxylic acids is 1. The summed E-state index contributed by atoms with van der Waals surface area (Å²) in [4.78, 5) is 23.6. The summed E-state index contributed by atoms with van der Waals surface area (Å²) in [5.74, 6) is -2.62. The molecule has 0 aliphatic heterocycles. The van der Waals surface area contributed by atoms with Gasteiger partial charge in [0, 0.05) is 12.3 Å². The number of carboxylic acid groups (broad SMARTS) is 1. The lowest BCUT2D eigenvalue weighted by Crippen LogP contribution is -2.24. The fraction of sp³-hybridized carbons (Fsp3) is 0.222. The van der Waals surface area contributed by atoms with Crippen LogP contribution in [-0.4, -0.2) is 25.3 Å². The molecule has 0 heterocycles. The Kier molecular flexibility index (Phi) is 4.53. The molecule has 2 N–H and O–H groups in total. The Morgan fingerprint density at radius 3 is 2.42 bits per heavy atom. The number of hydrogen-bond donors (Lipinski definition) is 2. The zero-order chi connectivity index (χ0) is 19.1. The van der Waals surface area contributed by atoms with Gasteiger partial charge in [-0.05, 0) is 47.9 Å². The second kappa shape index (κ2) is 6.53. The van der Waals surface area contributed by atoms with Gasteiger partial charge < -0.3 is 5.11 Å². The first kappa shape index (κ1) is 18.1. The molecule has 26 heavy (non-hydrogen) atoms. The average Bonchev–Trinajstić information content (AvgIpc) is 2.58. The van der Waals surface area contributed by atoms with Crippen molar-refractivity contribution < 1.29 is 27.5 Å². The number of benzene rings is 2. The zero-order valence-electron chi connectivity index (χ0n) is 13.8. The van der Waals surface area contributed by atoms with Crippen LogP contribution in [0.1, 0.15) is 40.7 Å². The highest BCUT2D eigenvalue weighted by Crippen LogP contribution is 2.36. The largest absolute Gasteiger partial charge is 0.478 e. The molecule has 3 rings (SSSR count). The molecule has 0 fully saturated rings. The summed E-state index contributed by atoms with van der Waals surface area (Å²) in [5, 5.41) is 9.63. The van der Waals surface area contributed by atoms with Crippen LogP contribution in [0.3, 0.4) is 0 Å². The summed E-state index contributed by atoms with van der Waals surface area (Å²) in [7, 11) is -4.11. The second-order valence-electron chi connectivity index (χ2n) is 6.11. The van der Waals surface area contributed by atoms with Gasteiger partial charge in [-0.1, -0.05) is 13.0 Å². The highest BCUT2D eigenvalue weighted by atomic mass is 32.2. The molecule has 0 saturated carbocycles. The topological polar surface area (TPSA) is 101 Å². The van der Waals surface area contributed by atoms with Gasteiger partial charge >= 0.3 is 5.97 Å². The summed E-state index contributed by atoms with van der Waals surface area (Å²) in [6.07, 6.45) is 0.748. The SMILES string of the molecule is CC1C(=O)CCc2ccc(NS(=O)(=O)c3ccc(F)cc3)c(C(=O)O)c21. The van der Waals surface area contributed by atoms with Crippen LogP contribution in [0.4, 0.5) is 10.1 Å². The first-order chi connectivity index (χ1) is 12.2. The molecular formula is C18H16FNO5S. The molecule has 2 aromatic rings. The van der Waals surface area contributed by atoms with E-state index in [1.54, 1.807) is 13.0 Å². The van der Waals surface area contributed by atoms with E-state index in [2.05, 4.69) is 4.72 Å². The van der Waals surface area contributed by atoms with Crippen molar-refractivity contribution in [1.82, 2.24) is 0 Å². The number of nitrogens with one attached hydrogen (secondary N) is 1. The van der Waals surface area contributed by atoms with E-state index in [4.69, 9.17) is 0 Å². The number of aryl methyl sites for hydroxylation is 1. The number of hydrogen-bond acceptors (Lipinski definition) is 4. The molecule has 1 unspecified atom stereocenters. The molecule has 1 atom stereocenters. The van der Waals surface area contributed by atoms with Crippen molar-refractivity contribution in [3.8, 4) is 0 Å². The van der Waals surface area contributed by atoms with Gasteiger partial charge in [0.15, 0.2) is 0 Å². The van der Waals surface area contributed by atoms with Gasteiger partial charge in [0.2, 0.25) is 0 Å². The van der Waals surface area contributed by atoms with E-state index in [0.717, 1.165) is 29.8 Å². The third-order valence-electron chi connectivity index (χ3n) is 4.47. The van der Waals surface area contributed by atoms with Gasteiger partial charge in [-0.2, -0.15) is 0 Å². The van der Waals surface area contributed by atoms with Crippen LogP contribution in [0.5, 0.6) is 0 Å². The summed E-state index contributed by atoms with van der Waals surface area (Å²) < 4.78 is 40.3. The van der Waals surface area contributed by atoms with E-state index in [1.165, 1.54) is 6.07 Å². The second-order valence-corrected chi connectivity index (χ2v) is 7.80. The molecule has 2 aromatic carbocycles. The van der Waals surface area contributed by atoms with Gasteiger partial charge in [-0.25, -0.2) is 17.6 Å². The molecule has 1 aliphatic carbocycles. The molecule has 136 valence electrons. The lowest BCUT2D eigenvalue weighted by atomic mass is 9.80. The maximum absolute atomic E-state index is 13.0. The van der Waals surface area contributed by atoms with Crippen LogP contribution < -0.4 is 4.72 Å². The quantitative estimate of drug-likeness (QED) is 0.853. The summed E-state index contributed by atoms with van der Waals surface area (Å²) in [6.45, 7) is 1.62. The van der Waals surface area contributed by atoms with Crippen molar-refractivity contribution in [2.45, 2.75) is 30.6 Å². The third-order valence-corrected chi connectivity index (χ3v) is 5.86. The molecule has 0 amide bonds. The molecule has 8 heteroatoms. The Balaban J connectivity index is 2.10. The number of carbonyl (C=O) groups excluding carboxylic acids is 1. The standard InChI is InChI=1S/C18H16FNO5S/c1-10-15(21)9-3-11-2-8-14(17(16(10)11)18(22)23)20-26(24,25)13-6-4-12(19)5-7-13/h2,4-8,10,20H,3,9H2,1H3,(H,22,23). The smallest absolute Gasteiger partial charge is 0.338 e. The summed E-state index contributed by atoms with van der Waals surface area (Å²) in [5.41, 5.74) is 0.711. The Morgan fingerprint density at radius 2 is 1.81 bits per heavy atom. The molecular weight excluding hydrogens is 361 g/mol. The van der Waals surface area contributed by atoms with E-state index >= 15 is 0 Å². The van der Waals surface area contributed by atoms with E-state index < -0.39 is 27.7 Å². The van der Waals surface area contributed by atoms with Crippen LogP contribution in [0.15, 0.2) is 41.3 Å². The van der Waals surface area contributed by atoms with Crippen LogP contribution in [0, 0.1) is 5.82 Å². The molecule has 0 spiro atoms. The van der Waals surface area contributed by atoms with Crippen LogP contribution in [0.25, 0.3) is 0 Å². The Hall–Kier alpha value is -2.74. The van der Waals surface area contributed by atoms with E-state index in [1.807, 2.05) is 0 Å². The number of carboxylic acids is 1. The summed E-state index contributed by atoms with van der Waals surface area (Å²) >= 11 is 0. The van der Waals surface area contributed by atoms with Crippen molar-refractivity contribution in [1.29, 1.82) is 0 Å². The molecule has 0 aromatic heterocycles. The number of anilines is 1. The van der Waals surface area contributed by atoms with E-state index in [9.17, 15) is 27.5 Å². The minimum Gasteiger partial charge on any atom is -0.478 e. The maximum atomic E-state index is 13.0. The maximum Gasteiger partial charge on any atom is 0.338 e. The van der Waals surface area contributed by atoms with Crippen LogP contribution in [-0.2, 0) is 21.2 Å². The third kappa shape index (κ3) is 3.20. The highest BCUT2D eigenvalue weighted by Gasteiger charge is 2.31. The number of Topliss-reactive ketones (excluding diaryl/α,β-unsaturated/α-hetero) is 1. The molecule has 0 radical (unpaired) electrons. The lowest BCUT2D eigenvalue weighted by Gasteiger charge is -2.25. The number of rotatable bonds is 4. The number of ketones is 1. The minimum atomic E-state index is -4.11. The predicted octanol–water partition coefficient (Wildman–Crippen LogP) is 2.94. The van der Waals surface area contributed by atoms with Gasteiger partial charge in [0.25, 0.3) is 10.0 Å². The Morgan fingerprint density at radius 1 is 1.15 bits per heavy atom. The number of carbonyl (C=O) groups is 2. The summed E-state index contributed by atoms with van der Waals surface area (Å²) in [6, 6.07) is 7.19. The predicted molar refractivity (Wildman–Crippen MR) is 92.4 cm³/mol. The Bertz CT molecular complexity index is 999. The minimum absolute atomic E-state index is 0.0847. The van der Waals surface area contributed by atoms with Gasteiger partial charge in [-0.3, -0.25) is 9.52 Å². The fourth-order valence-corrected chi connectivity index (χ4v) is 4.22. The molecule has 6 nitrogen and oxygen atoms in total. The normalized spacial score (nSPS) is 16.8. The number of fused-ring (bicyclic) bond motifs is 1. The Labute approximate surface area is 149 Å². The van der Waals surface area contributed by atoms with Gasteiger partial charge in [-0.15, -0.1) is 0 Å². The molecule has 1 aliphatic rings. The van der Waals surface area contributed by atoms with E-state index in [0.29, 0.717) is 18.4 Å². The number of sulfonamides is 1. The number of halogens is 1. The fourth-order valence-electron chi connectivity index (χ4n) is 3.14. The van der Waals surface area contributed by atoms with Crippen molar-refractivity contribution >= 4 is 27.5 Å². The first-order valence-corrected chi connectivity index (χ1v) is 9.39. The van der Waals surface area contributed by atoms with Crippen LogP contribution in [0.2, 0.25) is 0 Å². The molecule has 0 saturated heterocycles. The van der Waals surface area contributed by atoms with E-state index in [-0.39, 0.29) is 21.9 Å². The molecule has 0 bridgehead atoms. The lowest BCUT2D eigenvalue weighted by molar-refractivity contribution is -0.120. The zero-order valence-corrected chi connectivity index (χ0v) is 14.6. The van der Waals surface area contributed by atoms with Crippen LogP contribution >= 0.6 is 0 Å². The average molecular weight is 377 g/mol. The van der Waals surface area contributed by atoms with Crippen molar-refractivity contribution in [2.75, 3.05) is 4.72 Å². The first-order valence-electron chi connectivity index (χ1n) is 7.91. The highest BCUT2D eigenvalue weighted by molar-refractivity contribution is 7.92. The van der Waals surface area contributed by atoms with Gasteiger partial charge in [0.05, 0.1) is 16.1 Å². The monoisotopic (exact) mass is 377 g/mol. The van der Waals surface area contributed by atoms with Crippen molar-refractivity contribution in [2.24, 2.45) is 0 Å². The van der Waals surface area contributed by atoms with Gasteiger partial charge in [0.1, 0.15) is 11.6 Å². The van der Waals surface area contributed by atoms with Crippen molar-refractivity contribution in [3.05, 3.63) is 58.9 Å². The van der Waals surface area contributed by atoms with Crippen molar-refractivity contribution in [3.63, 3.8) is 0 Å².